The van der Waals surface area contributed by atoms with Gasteiger partial charge in [-0.15, -0.1) is 0 Å². The van der Waals surface area contributed by atoms with Crippen LogP contribution in [0.4, 0.5) is 0 Å². The molecule has 0 unspecified atom stereocenters. The largest absolute Gasteiger partial charge is 0.493 e. The summed E-state index contributed by atoms with van der Waals surface area (Å²) in [5.41, 5.74) is 3.48. The standard InChI is InChI=1S/C24H30N2O4/c1-17-4-6-18(7-5-17)11-13-26-16-20(15-23(26)27)24(28)25-12-10-19-8-9-21(29-2)22(14-19)30-3/h4-9,14,20H,10-13,15-16H2,1-3H3,(H,25,28)/t20-/m0/s1. The Balaban J connectivity index is 1.44. The number of nitrogens with one attached hydrogen (secondary N) is 1. The number of hydrogen-bond acceptors (Lipinski definition) is 4. The number of carbonyl (C=O) groups is 2. The Kier molecular flexibility index (Phi) is 7.33. The molecule has 160 valence electrons. The van der Waals surface area contributed by atoms with Crippen molar-refractivity contribution >= 4 is 11.8 Å². The van der Waals surface area contributed by atoms with Crippen LogP contribution in [0, 0.1) is 12.8 Å². The Morgan fingerprint density at radius 1 is 1.03 bits per heavy atom. The minimum absolute atomic E-state index is 0.0540. The molecule has 0 radical (unpaired) electrons. The fourth-order valence-electron chi connectivity index (χ4n) is 3.69. The molecule has 30 heavy (non-hydrogen) atoms. The molecule has 2 aromatic carbocycles. The van der Waals surface area contributed by atoms with Gasteiger partial charge >= 0.3 is 0 Å². The van der Waals surface area contributed by atoms with Crippen molar-refractivity contribution in [3.8, 4) is 11.5 Å². The zero-order valence-electron chi connectivity index (χ0n) is 17.9. The molecule has 1 heterocycles. The third kappa shape index (κ3) is 5.53. The highest BCUT2D eigenvalue weighted by Gasteiger charge is 2.33. The number of likely N-dealkylation sites (tertiary alicyclic amines) is 1. The van der Waals surface area contributed by atoms with Crippen LogP contribution in [0.2, 0.25) is 0 Å². The highest BCUT2D eigenvalue weighted by Crippen LogP contribution is 2.27. The second-order valence-corrected chi connectivity index (χ2v) is 7.71. The number of amides is 2. The predicted octanol–water partition coefficient (Wildman–Crippen LogP) is 2.76. The van der Waals surface area contributed by atoms with Crippen LogP contribution in [0.3, 0.4) is 0 Å². The first-order valence-electron chi connectivity index (χ1n) is 10.3. The van der Waals surface area contributed by atoms with Gasteiger partial charge in [0.2, 0.25) is 11.8 Å². The van der Waals surface area contributed by atoms with Crippen molar-refractivity contribution in [3.63, 3.8) is 0 Å². The van der Waals surface area contributed by atoms with E-state index in [1.165, 1.54) is 11.1 Å². The summed E-state index contributed by atoms with van der Waals surface area (Å²) in [6.07, 6.45) is 1.78. The summed E-state index contributed by atoms with van der Waals surface area (Å²) in [5.74, 6) is 1.08. The second kappa shape index (κ2) is 10.1. The van der Waals surface area contributed by atoms with Gasteiger partial charge in [0.25, 0.3) is 0 Å². The van der Waals surface area contributed by atoms with E-state index in [2.05, 4.69) is 36.5 Å². The lowest BCUT2D eigenvalue weighted by Gasteiger charge is -2.17. The van der Waals surface area contributed by atoms with E-state index in [0.29, 0.717) is 37.6 Å². The Labute approximate surface area is 178 Å². The van der Waals surface area contributed by atoms with Crippen molar-refractivity contribution in [2.75, 3.05) is 33.9 Å². The average Bonchev–Trinajstić information content (AvgIpc) is 3.13. The summed E-state index contributed by atoms with van der Waals surface area (Å²) in [6.45, 7) is 3.72. The number of hydrogen-bond donors (Lipinski definition) is 1. The van der Waals surface area contributed by atoms with E-state index in [9.17, 15) is 9.59 Å². The quantitative estimate of drug-likeness (QED) is 0.690. The van der Waals surface area contributed by atoms with E-state index in [1.807, 2.05) is 18.2 Å². The lowest BCUT2D eigenvalue weighted by atomic mass is 10.1. The molecule has 0 aliphatic carbocycles. The van der Waals surface area contributed by atoms with Gasteiger partial charge in [-0.25, -0.2) is 0 Å². The fourth-order valence-corrected chi connectivity index (χ4v) is 3.69. The van der Waals surface area contributed by atoms with Crippen LogP contribution in [0.5, 0.6) is 11.5 Å². The molecule has 2 aromatic rings. The van der Waals surface area contributed by atoms with Gasteiger partial charge < -0.3 is 19.7 Å². The molecule has 1 fully saturated rings. The second-order valence-electron chi connectivity index (χ2n) is 7.71. The molecule has 1 atom stereocenters. The van der Waals surface area contributed by atoms with Crippen LogP contribution >= 0.6 is 0 Å². The summed E-state index contributed by atoms with van der Waals surface area (Å²) in [4.78, 5) is 26.6. The van der Waals surface area contributed by atoms with E-state index < -0.39 is 0 Å². The van der Waals surface area contributed by atoms with Crippen LogP contribution in [0.25, 0.3) is 0 Å². The minimum atomic E-state index is -0.277. The third-order valence-corrected chi connectivity index (χ3v) is 5.54. The van der Waals surface area contributed by atoms with E-state index >= 15 is 0 Å². The van der Waals surface area contributed by atoms with Crippen LogP contribution in [0.1, 0.15) is 23.1 Å². The van der Waals surface area contributed by atoms with Crippen LogP contribution in [0.15, 0.2) is 42.5 Å². The third-order valence-electron chi connectivity index (χ3n) is 5.54. The molecule has 0 aromatic heterocycles. The van der Waals surface area contributed by atoms with Gasteiger partial charge in [-0.2, -0.15) is 0 Å². The summed E-state index contributed by atoms with van der Waals surface area (Å²) in [7, 11) is 3.20. The van der Waals surface area contributed by atoms with E-state index in [-0.39, 0.29) is 24.2 Å². The van der Waals surface area contributed by atoms with Crippen molar-refractivity contribution in [2.45, 2.75) is 26.2 Å². The number of ether oxygens (including phenoxy) is 2. The summed E-state index contributed by atoms with van der Waals surface area (Å²) in [6, 6.07) is 14.1. The molecule has 0 saturated carbocycles. The van der Waals surface area contributed by atoms with Crippen molar-refractivity contribution in [3.05, 3.63) is 59.2 Å². The average molecular weight is 411 g/mol. The Hall–Kier alpha value is -3.02. The first-order valence-corrected chi connectivity index (χ1v) is 10.3. The van der Waals surface area contributed by atoms with Gasteiger partial charge in [0, 0.05) is 26.1 Å². The normalized spacial score (nSPS) is 15.9. The minimum Gasteiger partial charge on any atom is -0.493 e. The number of nitrogens with zero attached hydrogens (tertiary/aromatic N) is 1. The number of methoxy groups -OCH3 is 2. The van der Waals surface area contributed by atoms with E-state index in [1.54, 1.807) is 19.1 Å². The smallest absolute Gasteiger partial charge is 0.225 e. The topological polar surface area (TPSA) is 67.9 Å². The Morgan fingerprint density at radius 3 is 2.43 bits per heavy atom. The molecular formula is C24H30N2O4. The van der Waals surface area contributed by atoms with Crippen molar-refractivity contribution < 1.29 is 19.1 Å². The first-order chi connectivity index (χ1) is 14.5. The Bertz CT molecular complexity index is 879. The van der Waals surface area contributed by atoms with Crippen LogP contribution in [-0.4, -0.2) is 50.6 Å². The van der Waals surface area contributed by atoms with Gasteiger partial charge in [0.05, 0.1) is 20.1 Å². The molecule has 0 spiro atoms. The predicted molar refractivity (Wildman–Crippen MR) is 116 cm³/mol. The zero-order valence-corrected chi connectivity index (χ0v) is 17.9. The van der Waals surface area contributed by atoms with Crippen molar-refractivity contribution in [2.24, 2.45) is 5.92 Å². The van der Waals surface area contributed by atoms with Crippen molar-refractivity contribution in [1.82, 2.24) is 10.2 Å². The van der Waals surface area contributed by atoms with Gasteiger partial charge in [-0.05, 0) is 43.0 Å². The highest BCUT2D eigenvalue weighted by molar-refractivity contribution is 5.89. The van der Waals surface area contributed by atoms with E-state index in [0.717, 1.165) is 12.0 Å². The van der Waals surface area contributed by atoms with Gasteiger partial charge in [0.15, 0.2) is 11.5 Å². The van der Waals surface area contributed by atoms with E-state index in [4.69, 9.17) is 9.47 Å². The fraction of sp³-hybridized carbons (Fsp3) is 0.417. The van der Waals surface area contributed by atoms with Gasteiger partial charge in [0.1, 0.15) is 0 Å². The maximum atomic E-state index is 12.5. The lowest BCUT2D eigenvalue weighted by molar-refractivity contribution is -0.129. The van der Waals surface area contributed by atoms with Crippen LogP contribution in [-0.2, 0) is 22.4 Å². The Morgan fingerprint density at radius 2 is 1.73 bits per heavy atom. The summed E-state index contributed by atoms with van der Waals surface area (Å²) in [5, 5.41) is 2.97. The maximum Gasteiger partial charge on any atom is 0.225 e. The monoisotopic (exact) mass is 410 g/mol. The molecule has 0 bridgehead atoms. The van der Waals surface area contributed by atoms with Gasteiger partial charge in [-0.3, -0.25) is 9.59 Å². The maximum absolute atomic E-state index is 12.5. The molecule has 1 N–H and O–H groups in total. The SMILES string of the molecule is COc1ccc(CCNC(=O)[C@H]2CC(=O)N(CCc3ccc(C)cc3)C2)cc1OC. The molecule has 1 aliphatic heterocycles. The zero-order chi connectivity index (χ0) is 21.5. The number of carbonyl (C=O) groups excluding carboxylic acids is 2. The molecule has 6 nitrogen and oxygen atoms in total. The molecule has 2 amide bonds. The summed E-state index contributed by atoms with van der Waals surface area (Å²) >= 11 is 0. The van der Waals surface area contributed by atoms with Crippen LogP contribution < -0.4 is 14.8 Å². The molecule has 6 heteroatoms. The highest BCUT2D eigenvalue weighted by atomic mass is 16.5. The first kappa shape index (κ1) is 21.7. The molecule has 1 aliphatic rings. The number of benzene rings is 2. The van der Waals surface area contributed by atoms with Gasteiger partial charge in [-0.1, -0.05) is 35.9 Å². The lowest BCUT2D eigenvalue weighted by Crippen LogP contribution is -2.34. The number of rotatable bonds is 9. The molecular weight excluding hydrogens is 380 g/mol. The molecule has 3 rings (SSSR count). The summed E-state index contributed by atoms with van der Waals surface area (Å²) < 4.78 is 10.6. The number of aryl methyl sites for hydroxylation is 1. The van der Waals surface area contributed by atoms with Crippen molar-refractivity contribution in [1.29, 1.82) is 0 Å². The molecule has 1 saturated heterocycles.